The average molecular weight is 494 g/mol. The Morgan fingerprint density at radius 2 is 0.765 bits per heavy atom. The van der Waals surface area contributed by atoms with Crippen molar-refractivity contribution < 1.29 is 24.6 Å². The van der Waals surface area contributed by atoms with Crippen LogP contribution in [0.5, 0.6) is 11.5 Å². The summed E-state index contributed by atoms with van der Waals surface area (Å²) in [6.07, 6.45) is 0. The van der Waals surface area contributed by atoms with E-state index in [9.17, 15) is 10.2 Å². The van der Waals surface area contributed by atoms with Gasteiger partial charge in [-0.1, -0.05) is 107 Å². The van der Waals surface area contributed by atoms with Gasteiger partial charge in [-0.2, -0.15) is 0 Å². The van der Waals surface area contributed by atoms with Crippen LogP contribution >= 0.6 is 8.25 Å². The second-order valence-corrected chi connectivity index (χ2v) is 13.2. The Labute approximate surface area is 207 Å². The highest BCUT2D eigenvalue weighted by Crippen LogP contribution is 2.35. The molecule has 0 aliphatic carbocycles. The first-order valence-corrected chi connectivity index (χ1v) is 12.7. The zero-order valence-electron chi connectivity index (χ0n) is 23.1. The van der Waals surface area contributed by atoms with E-state index in [0.717, 1.165) is 11.1 Å². The normalized spacial score (nSPS) is 12.2. The van der Waals surface area contributed by atoms with Crippen LogP contribution in [0.4, 0.5) is 0 Å². The number of aromatic hydroxyl groups is 2. The van der Waals surface area contributed by atoms with E-state index in [-0.39, 0.29) is 21.7 Å². The van der Waals surface area contributed by atoms with Crippen LogP contribution in [0.2, 0.25) is 0 Å². The van der Waals surface area contributed by atoms with Crippen molar-refractivity contribution in [3.63, 3.8) is 0 Å². The molecule has 0 saturated carbocycles. The summed E-state index contributed by atoms with van der Waals surface area (Å²) in [7, 11) is -2.87. The van der Waals surface area contributed by atoms with Gasteiger partial charge >= 0.3 is 8.25 Å². The van der Waals surface area contributed by atoms with Crippen LogP contribution in [0.3, 0.4) is 0 Å². The lowest BCUT2D eigenvalue weighted by atomic mass is 9.80. The minimum Gasteiger partial charge on any atom is -0.508 e. The van der Waals surface area contributed by atoms with Gasteiger partial charge in [0, 0.05) is 4.57 Å². The Balaban J connectivity index is 0.000000554. The number of hydrogen-bond acceptors (Lipinski definition) is 3. The van der Waals surface area contributed by atoms with Crippen LogP contribution < -0.4 is 0 Å². The second-order valence-electron chi connectivity index (χ2n) is 12.7. The van der Waals surface area contributed by atoms with Crippen molar-refractivity contribution in [2.24, 2.45) is 0 Å². The smallest absolute Gasteiger partial charge is 0.508 e. The van der Waals surface area contributed by atoms with Crippen LogP contribution in [-0.2, 0) is 26.2 Å². The predicted molar refractivity (Wildman–Crippen MR) is 143 cm³/mol. The Morgan fingerprint density at radius 3 is 0.941 bits per heavy atom. The molecule has 192 valence electrons. The zero-order valence-corrected chi connectivity index (χ0v) is 24.0. The van der Waals surface area contributed by atoms with E-state index < -0.39 is 8.25 Å². The third-order valence-corrected chi connectivity index (χ3v) is 5.34. The molecule has 5 nitrogen and oxygen atoms in total. The van der Waals surface area contributed by atoms with Crippen molar-refractivity contribution in [3.05, 3.63) is 58.7 Å². The van der Waals surface area contributed by atoms with Gasteiger partial charge in [-0.3, -0.25) is 0 Å². The Kier molecular flexibility index (Phi) is 11.0. The molecule has 0 radical (unpaired) electrons. The second kappa shape index (κ2) is 11.7. The van der Waals surface area contributed by atoms with E-state index in [1.807, 2.05) is 12.1 Å². The summed E-state index contributed by atoms with van der Waals surface area (Å²) in [6.45, 7) is 25.8. The number of phenolic OH excluding ortho intramolecular Hbond substituents is 2. The van der Waals surface area contributed by atoms with E-state index in [2.05, 4.69) is 95.2 Å². The van der Waals surface area contributed by atoms with Crippen LogP contribution in [0, 0.1) is 0 Å². The van der Waals surface area contributed by atoms with Crippen molar-refractivity contribution in [3.8, 4) is 11.5 Å². The van der Waals surface area contributed by atoms with E-state index >= 15 is 0 Å². The first-order valence-electron chi connectivity index (χ1n) is 11.5. The lowest BCUT2D eigenvalue weighted by Gasteiger charge is -2.25. The molecule has 0 aliphatic heterocycles. The highest BCUT2D eigenvalue weighted by Gasteiger charge is 2.23. The molecule has 0 fully saturated rings. The summed E-state index contributed by atoms with van der Waals surface area (Å²) in [5.41, 5.74) is 4.83. The summed E-state index contributed by atoms with van der Waals surface area (Å²) in [4.78, 5) is 14.2. The van der Waals surface area contributed by atoms with Crippen molar-refractivity contribution >= 4 is 8.25 Å². The van der Waals surface area contributed by atoms with Gasteiger partial charge in [-0.05, 0) is 56.0 Å². The summed E-state index contributed by atoms with van der Waals surface area (Å²) in [5, 5.41) is 19.7. The van der Waals surface area contributed by atoms with Crippen LogP contribution in [0.15, 0.2) is 36.4 Å². The summed E-state index contributed by atoms with van der Waals surface area (Å²) >= 11 is 0. The molecule has 2 aromatic carbocycles. The molecular formula is C28H46O5P+. The standard InChI is InChI=1S/2C14H22O.HO3P/c2*1-13(2,3)10-7-8-12(15)11(9-10)14(4,5)6;1-4(2)3/h2*7-9,15H,1-6H3;(H-,1,2,3)/p+1. The van der Waals surface area contributed by atoms with Gasteiger partial charge in [0.15, 0.2) is 0 Å². The molecule has 2 rings (SSSR count). The molecule has 4 N–H and O–H groups in total. The summed E-state index contributed by atoms with van der Waals surface area (Å²) in [5.74, 6) is 0.797. The zero-order chi connectivity index (χ0) is 27.3. The highest BCUT2D eigenvalue weighted by atomic mass is 31.1. The summed E-state index contributed by atoms with van der Waals surface area (Å²) < 4.78 is 8.70. The molecule has 0 bridgehead atoms. The molecule has 0 unspecified atom stereocenters. The third kappa shape index (κ3) is 11.0. The largest absolute Gasteiger partial charge is 0.692 e. The van der Waals surface area contributed by atoms with Crippen molar-refractivity contribution in [2.75, 3.05) is 0 Å². The fraction of sp³-hybridized carbons (Fsp3) is 0.571. The van der Waals surface area contributed by atoms with Crippen molar-refractivity contribution in [1.82, 2.24) is 0 Å². The summed E-state index contributed by atoms with van der Waals surface area (Å²) in [6, 6.07) is 11.9. The van der Waals surface area contributed by atoms with Crippen molar-refractivity contribution in [2.45, 2.75) is 105 Å². The minimum absolute atomic E-state index is 0.00859. The van der Waals surface area contributed by atoms with Crippen LogP contribution in [0.1, 0.15) is 105 Å². The van der Waals surface area contributed by atoms with Gasteiger partial charge in [0.25, 0.3) is 0 Å². The van der Waals surface area contributed by atoms with Gasteiger partial charge in [-0.15, -0.1) is 9.79 Å². The first-order chi connectivity index (χ1) is 15.0. The van der Waals surface area contributed by atoms with E-state index in [1.165, 1.54) is 11.1 Å². The molecule has 0 saturated heterocycles. The predicted octanol–water partition coefficient (Wildman–Crippen LogP) is 7.60. The van der Waals surface area contributed by atoms with Gasteiger partial charge < -0.3 is 10.2 Å². The molecule has 2 aromatic rings. The van der Waals surface area contributed by atoms with Gasteiger partial charge in [-0.25, -0.2) is 0 Å². The third-order valence-electron chi connectivity index (χ3n) is 5.34. The Hall–Kier alpha value is -1.94. The maximum absolute atomic E-state index is 9.84. The lowest BCUT2D eigenvalue weighted by Crippen LogP contribution is -2.16. The van der Waals surface area contributed by atoms with Crippen LogP contribution in [0.25, 0.3) is 0 Å². The molecule has 0 spiro atoms. The lowest BCUT2D eigenvalue weighted by molar-refractivity contribution is 0.405. The minimum atomic E-state index is -2.87. The van der Waals surface area contributed by atoms with Gasteiger partial charge in [0.1, 0.15) is 11.5 Å². The molecule has 0 amide bonds. The van der Waals surface area contributed by atoms with Crippen LogP contribution in [-0.4, -0.2) is 20.0 Å². The molecule has 34 heavy (non-hydrogen) atoms. The fourth-order valence-corrected chi connectivity index (χ4v) is 3.21. The number of benzene rings is 2. The quantitative estimate of drug-likeness (QED) is 0.283. The van der Waals surface area contributed by atoms with E-state index in [1.54, 1.807) is 12.1 Å². The molecule has 0 aliphatic rings. The van der Waals surface area contributed by atoms with E-state index in [4.69, 9.17) is 14.4 Å². The monoisotopic (exact) mass is 493 g/mol. The highest BCUT2D eigenvalue weighted by molar-refractivity contribution is 7.30. The molecule has 0 heterocycles. The average Bonchev–Trinajstić information content (AvgIpc) is 2.58. The van der Waals surface area contributed by atoms with Gasteiger partial charge in [0.2, 0.25) is 0 Å². The SMILES string of the molecule is CC(C)(C)c1ccc(O)c(C(C)(C)C)c1.CC(C)(C)c1ccc(O)c(C(C)(C)C)c1.O=[P+](O)O. The molecular weight excluding hydrogens is 447 g/mol. The maximum atomic E-state index is 9.84. The number of phenols is 2. The number of rotatable bonds is 0. The number of hydrogen-bond donors (Lipinski definition) is 4. The van der Waals surface area contributed by atoms with E-state index in [0.29, 0.717) is 11.5 Å². The Morgan fingerprint density at radius 1 is 0.529 bits per heavy atom. The van der Waals surface area contributed by atoms with Crippen molar-refractivity contribution in [1.29, 1.82) is 0 Å². The van der Waals surface area contributed by atoms with Gasteiger partial charge in [0.05, 0.1) is 0 Å². The fourth-order valence-electron chi connectivity index (χ4n) is 3.21. The first kappa shape index (κ1) is 32.1. The molecule has 0 aromatic heterocycles. The molecule has 0 atom stereocenters. The topological polar surface area (TPSA) is 98.0 Å². The Bertz CT molecular complexity index is 875. The maximum Gasteiger partial charge on any atom is 0.692 e. The molecule has 6 heteroatoms.